The van der Waals surface area contributed by atoms with Crippen molar-refractivity contribution >= 4 is 11.7 Å². The van der Waals surface area contributed by atoms with Crippen molar-refractivity contribution in [2.24, 2.45) is 0 Å². The van der Waals surface area contributed by atoms with Gasteiger partial charge in [0.1, 0.15) is 0 Å². The molecule has 1 aromatic carbocycles. The summed E-state index contributed by atoms with van der Waals surface area (Å²) in [6.07, 6.45) is 1.13. The van der Waals surface area contributed by atoms with Crippen molar-refractivity contribution in [2.45, 2.75) is 39.9 Å². The van der Waals surface area contributed by atoms with Crippen molar-refractivity contribution in [3.8, 4) is 0 Å². The molecule has 4 nitrogen and oxygen atoms in total. The number of urea groups is 1. The monoisotopic (exact) mass is 250 g/mol. The van der Waals surface area contributed by atoms with Crippen molar-refractivity contribution in [3.63, 3.8) is 0 Å². The van der Waals surface area contributed by atoms with E-state index in [1.807, 2.05) is 45.0 Å². The molecule has 0 radical (unpaired) electrons. The molecule has 4 heteroatoms. The fraction of sp³-hybridized carbons (Fsp3) is 0.500. The third-order valence-corrected chi connectivity index (χ3v) is 2.30. The Balaban J connectivity index is 2.51. The Bertz CT molecular complexity index is 378. The Labute approximate surface area is 109 Å². The Morgan fingerprint density at radius 2 is 2.17 bits per heavy atom. The largest absolute Gasteiger partial charge is 0.374 e. The first kappa shape index (κ1) is 14.5. The van der Waals surface area contributed by atoms with Crippen LogP contribution in [0.15, 0.2) is 24.3 Å². The summed E-state index contributed by atoms with van der Waals surface area (Å²) >= 11 is 0. The molecule has 0 aliphatic carbocycles. The van der Waals surface area contributed by atoms with Gasteiger partial charge < -0.3 is 15.4 Å². The van der Waals surface area contributed by atoms with E-state index in [4.69, 9.17) is 4.74 Å². The lowest BCUT2D eigenvalue weighted by atomic mass is 10.2. The van der Waals surface area contributed by atoms with Gasteiger partial charge in [0.2, 0.25) is 0 Å². The minimum Gasteiger partial charge on any atom is -0.374 e. The number of ether oxygens (including phenoxy) is 1. The van der Waals surface area contributed by atoms with Gasteiger partial charge in [-0.2, -0.15) is 0 Å². The molecule has 0 heterocycles. The normalized spacial score (nSPS) is 10.4. The van der Waals surface area contributed by atoms with Gasteiger partial charge in [-0.3, -0.25) is 0 Å². The molecule has 0 spiro atoms. The highest BCUT2D eigenvalue weighted by atomic mass is 16.5. The smallest absolute Gasteiger partial charge is 0.319 e. The molecule has 100 valence electrons. The van der Waals surface area contributed by atoms with Crippen LogP contribution in [0.3, 0.4) is 0 Å². The number of hydrogen-bond acceptors (Lipinski definition) is 2. The molecule has 1 aromatic rings. The molecule has 2 amide bonds. The van der Waals surface area contributed by atoms with Crippen LogP contribution in [0, 0.1) is 0 Å². The fourth-order valence-electron chi connectivity index (χ4n) is 1.42. The van der Waals surface area contributed by atoms with E-state index < -0.39 is 0 Å². The van der Waals surface area contributed by atoms with Crippen LogP contribution in [0.1, 0.15) is 32.8 Å². The number of anilines is 1. The van der Waals surface area contributed by atoms with E-state index in [2.05, 4.69) is 10.6 Å². The SMILES string of the molecule is CCCNC(=O)Nc1cccc(COC(C)C)c1. The maximum atomic E-state index is 11.5. The molecule has 0 aliphatic heterocycles. The summed E-state index contributed by atoms with van der Waals surface area (Å²) in [5, 5.41) is 5.57. The van der Waals surface area contributed by atoms with Gasteiger partial charge >= 0.3 is 6.03 Å². The van der Waals surface area contributed by atoms with Gasteiger partial charge in [0, 0.05) is 12.2 Å². The number of carbonyl (C=O) groups excluding carboxylic acids is 1. The van der Waals surface area contributed by atoms with Crippen LogP contribution in [-0.2, 0) is 11.3 Å². The second-order valence-corrected chi connectivity index (χ2v) is 4.44. The van der Waals surface area contributed by atoms with Gasteiger partial charge in [-0.25, -0.2) is 4.79 Å². The molecule has 2 N–H and O–H groups in total. The molecule has 0 bridgehead atoms. The van der Waals surface area contributed by atoms with E-state index in [9.17, 15) is 4.79 Å². The first-order valence-electron chi connectivity index (χ1n) is 6.37. The summed E-state index contributed by atoms with van der Waals surface area (Å²) in [6.45, 7) is 7.26. The molecule has 0 fully saturated rings. The van der Waals surface area contributed by atoms with E-state index in [0.29, 0.717) is 13.2 Å². The predicted molar refractivity (Wildman–Crippen MR) is 73.7 cm³/mol. The van der Waals surface area contributed by atoms with Crippen molar-refractivity contribution in [2.75, 3.05) is 11.9 Å². The third-order valence-electron chi connectivity index (χ3n) is 2.30. The number of hydrogen-bond donors (Lipinski definition) is 2. The zero-order valence-electron chi connectivity index (χ0n) is 11.3. The van der Waals surface area contributed by atoms with Crippen LogP contribution < -0.4 is 10.6 Å². The van der Waals surface area contributed by atoms with Gasteiger partial charge in [0.25, 0.3) is 0 Å². The van der Waals surface area contributed by atoms with Gasteiger partial charge in [-0.1, -0.05) is 19.1 Å². The highest BCUT2D eigenvalue weighted by molar-refractivity contribution is 5.89. The molecule has 0 atom stereocenters. The van der Waals surface area contributed by atoms with Gasteiger partial charge in [0.15, 0.2) is 0 Å². The van der Waals surface area contributed by atoms with E-state index >= 15 is 0 Å². The molecule has 0 saturated heterocycles. The zero-order valence-corrected chi connectivity index (χ0v) is 11.3. The fourth-order valence-corrected chi connectivity index (χ4v) is 1.42. The van der Waals surface area contributed by atoms with E-state index in [0.717, 1.165) is 17.7 Å². The molecule has 0 aliphatic rings. The maximum Gasteiger partial charge on any atom is 0.319 e. The number of benzene rings is 1. The molecular weight excluding hydrogens is 228 g/mol. The summed E-state index contributed by atoms with van der Waals surface area (Å²) in [5.74, 6) is 0. The average molecular weight is 250 g/mol. The summed E-state index contributed by atoms with van der Waals surface area (Å²) in [7, 11) is 0. The Morgan fingerprint density at radius 1 is 1.39 bits per heavy atom. The highest BCUT2D eigenvalue weighted by Crippen LogP contribution is 2.12. The zero-order chi connectivity index (χ0) is 13.4. The van der Waals surface area contributed by atoms with E-state index in [-0.39, 0.29) is 12.1 Å². The Hall–Kier alpha value is -1.55. The lowest BCUT2D eigenvalue weighted by Crippen LogP contribution is -2.29. The molecule has 0 saturated carbocycles. The summed E-state index contributed by atoms with van der Waals surface area (Å²) in [6, 6.07) is 7.52. The van der Waals surface area contributed by atoms with Crippen LogP contribution in [0.4, 0.5) is 10.5 Å². The average Bonchev–Trinajstić information content (AvgIpc) is 2.34. The van der Waals surface area contributed by atoms with Gasteiger partial charge in [-0.05, 0) is 38.0 Å². The minimum atomic E-state index is -0.168. The third kappa shape index (κ3) is 5.68. The second-order valence-electron chi connectivity index (χ2n) is 4.44. The maximum absolute atomic E-state index is 11.5. The number of carbonyl (C=O) groups is 1. The molecule has 1 rings (SSSR count). The van der Waals surface area contributed by atoms with Crippen LogP contribution in [0.2, 0.25) is 0 Å². The molecule has 0 aromatic heterocycles. The number of nitrogens with one attached hydrogen (secondary N) is 2. The second kappa shape index (κ2) is 7.71. The van der Waals surface area contributed by atoms with E-state index in [1.165, 1.54) is 0 Å². The van der Waals surface area contributed by atoms with Crippen LogP contribution in [0.5, 0.6) is 0 Å². The van der Waals surface area contributed by atoms with Crippen LogP contribution in [-0.4, -0.2) is 18.7 Å². The van der Waals surface area contributed by atoms with E-state index in [1.54, 1.807) is 0 Å². The van der Waals surface area contributed by atoms with Crippen molar-refractivity contribution < 1.29 is 9.53 Å². The first-order valence-corrected chi connectivity index (χ1v) is 6.37. The standard InChI is InChI=1S/C14H22N2O2/c1-4-8-15-14(17)16-13-7-5-6-12(9-13)10-18-11(2)3/h5-7,9,11H,4,8,10H2,1-3H3,(H2,15,16,17). The first-order chi connectivity index (χ1) is 8.61. The van der Waals surface area contributed by atoms with Crippen molar-refractivity contribution in [3.05, 3.63) is 29.8 Å². The number of rotatable bonds is 6. The van der Waals surface area contributed by atoms with Crippen LogP contribution in [0.25, 0.3) is 0 Å². The minimum absolute atomic E-state index is 0.168. The topological polar surface area (TPSA) is 50.4 Å². The molecular formula is C14H22N2O2. The summed E-state index contributed by atoms with van der Waals surface area (Å²) in [5.41, 5.74) is 1.84. The van der Waals surface area contributed by atoms with Gasteiger partial charge in [0.05, 0.1) is 12.7 Å². The summed E-state index contributed by atoms with van der Waals surface area (Å²) in [4.78, 5) is 11.5. The lowest BCUT2D eigenvalue weighted by molar-refractivity contribution is 0.0657. The molecule has 18 heavy (non-hydrogen) atoms. The molecule has 0 unspecified atom stereocenters. The van der Waals surface area contributed by atoms with Gasteiger partial charge in [-0.15, -0.1) is 0 Å². The predicted octanol–water partition coefficient (Wildman–Crippen LogP) is 3.14. The lowest BCUT2D eigenvalue weighted by Gasteiger charge is -2.10. The Morgan fingerprint density at radius 3 is 2.83 bits per heavy atom. The van der Waals surface area contributed by atoms with Crippen LogP contribution >= 0.6 is 0 Å². The Kier molecular flexibility index (Phi) is 6.22. The van der Waals surface area contributed by atoms with Crippen molar-refractivity contribution in [1.29, 1.82) is 0 Å². The quantitative estimate of drug-likeness (QED) is 0.815. The summed E-state index contributed by atoms with van der Waals surface area (Å²) < 4.78 is 5.52. The number of amides is 2. The highest BCUT2D eigenvalue weighted by Gasteiger charge is 2.02. The van der Waals surface area contributed by atoms with Crippen molar-refractivity contribution in [1.82, 2.24) is 5.32 Å².